The van der Waals surface area contributed by atoms with Crippen LogP contribution < -0.4 is 19.8 Å². The zero-order valence-electron chi connectivity index (χ0n) is 33.4. The molecule has 0 saturated carbocycles. The van der Waals surface area contributed by atoms with E-state index in [2.05, 4.69) is 67.0 Å². The summed E-state index contributed by atoms with van der Waals surface area (Å²) in [7, 11) is 2.07. The van der Waals surface area contributed by atoms with Gasteiger partial charge in [-0.3, -0.25) is 14.6 Å². The summed E-state index contributed by atoms with van der Waals surface area (Å²) in [4.78, 5) is 19.1. The van der Waals surface area contributed by atoms with Crippen molar-refractivity contribution in [1.82, 2.24) is 9.80 Å². The maximum absolute atomic E-state index is 14.7. The van der Waals surface area contributed by atoms with Gasteiger partial charge >= 0.3 is 0 Å². The molecular formula is C44H51N3O8Si. The van der Waals surface area contributed by atoms with Crippen molar-refractivity contribution in [2.75, 3.05) is 41.5 Å². The highest BCUT2D eigenvalue weighted by molar-refractivity contribution is 6.99. The number of benzene rings is 3. The predicted molar refractivity (Wildman–Crippen MR) is 212 cm³/mol. The van der Waals surface area contributed by atoms with E-state index in [1.54, 1.807) is 21.1 Å². The van der Waals surface area contributed by atoms with E-state index in [1.165, 1.54) is 0 Å². The Morgan fingerprint density at radius 2 is 1.62 bits per heavy atom. The van der Waals surface area contributed by atoms with Gasteiger partial charge in [0, 0.05) is 42.3 Å². The van der Waals surface area contributed by atoms with Crippen LogP contribution in [0, 0.1) is 18.3 Å². The summed E-state index contributed by atoms with van der Waals surface area (Å²) in [5.41, 5.74) is 1.59. The Hall–Kier alpha value is -4.48. The maximum Gasteiger partial charge on any atom is 0.261 e. The molecule has 56 heavy (non-hydrogen) atoms. The summed E-state index contributed by atoms with van der Waals surface area (Å²) in [6.07, 6.45) is 0.576. The monoisotopic (exact) mass is 777 g/mol. The number of nitriles is 1. The van der Waals surface area contributed by atoms with E-state index in [0.717, 1.165) is 27.1 Å². The second kappa shape index (κ2) is 14.2. The fourth-order valence-electron chi connectivity index (χ4n) is 10.5. The number of piperidine rings is 1. The van der Waals surface area contributed by atoms with E-state index < -0.39 is 43.9 Å². The van der Waals surface area contributed by atoms with Crippen LogP contribution in [0.15, 0.2) is 89.4 Å². The first-order chi connectivity index (χ1) is 26.8. The third-order valence-electron chi connectivity index (χ3n) is 12.8. The number of nitrogens with zero attached hydrogens (tertiary/aromatic N) is 3. The molecule has 3 saturated heterocycles. The van der Waals surface area contributed by atoms with Crippen LogP contribution >= 0.6 is 0 Å². The molecule has 5 aliphatic rings. The highest BCUT2D eigenvalue weighted by Gasteiger charge is 2.65. The smallest absolute Gasteiger partial charge is 0.261 e. The lowest BCUT2D eigenvalue weighted by molar-refractivity contribution is -0.150. The molecule has 3 aromatic carbocycles. The number of ketones is 1. The topological polar surface area (TPSA) is 123 Å². The average Bonchev–Trinajstić information content (AvgIpc) is 3.67. The van der Waals surface area contributed by atoms with Gasteiger partial charge in [-0.25, -0.2) is 0 Å². The van der Waals surface area contributed by atoms with Gasteiger partial charge in [-0.15, -0.1) is 0 Å². The molecular weight excluding hydrogens is 727 g/mol. The molecule has 0 radical (unpaired) electrons. The molecule has 6 atom stereocenters. The minimum Gasteiger partial charge on any atom is -0.493 e. The summed E-state index contributed by atoms with van der Waals surface area (Å²) in [5.74, 6) is 1.43. The van der Waals surface area contributed by atoms with E-state index in [0.29, 0.717) is 40.6 Å². The standard InChI is InChI=1S/C44H51N3O8Si/c1-26-19-28-20-31-33(22-45)47-32(37(46(31)6)35(28)40(38(26)51-8)52-24-50-7)21-44(49)36(41-39(53-25-54-41)27(2)42(44)48)34(47)23-55-56(43(3,4)5,29-15-11-9-12-16-29)30-17-13-10-14-18-30/h9-19,31-34,37,49H,20-21,23-25H2,1-8H3/t31-,32?,33-,34-,37-,44?/m0/s1. The summed E-state index contributed by atoms with van der Waals surface area (Å²) >= 11 is 0. The number of Topliss-reactive ketones (excluding diaryl/α,β-unsaturated/α-hetero) is 1. The molecule has 8 rings (SSSR count). The zero-order valence-corrected chi connectivity index (χ0v) is 34.4. The number of ether oxygens (including phenoxy) is 5. The number of carbonyl (C=O) groups is 1. The lowest BCUT2D eigenvalue weighted by Crippen LogP contribution is -2.75. The molecule has 0 spiro atoms. The number of fused-ring (bicyclic) bond motifs is 8. The molecule has 11 nitrogen and oxygen atoms in total. The number of rotatable bonds is 9. The number of piperazine rings is 1. The Morgan fingerprint density at radius 3 is 2.21 bits per heavy atom. The second-order valence-electron chi connectivity index (χ2n) is 16.6. The van der Waals surface area contributed by atoms with Crippen molar-refractivity contribution in [3.05, 3.63) is 106 Å². The van der Waals surface area contributed by atoms with Gasteiger partial charge in [0.05, 0.1) is 31.9 Å². The Bertz CT molecular complexity index is 2100. The van der Waals surface area contributed by atoms with E-state index in [1.807, 2.05) is 50.4 Å². The van der Waals surface area contributed by atoms with Crippen molar-refractivity contribution in [2.45, 2.75) is 88.3 Å². The number of aliphatic hydroxyl groups is 1. The van der Waals surface area contributed by atoms with Gasteiger partial charge in [-0.1, -0.05) is 87.5 Å². The first-order valence-electron chi connectivity index (χ1n) is 19.3. The van der Waals surface area contributed by atoms with Crippen LogP contribution in [0.2, 0.25) is 5.04 Å². The van der Waals surface area contributed by atoms with Gasteiger partial charge in [0.2, 0.25) is 6.79 Å². The van der Waals surface area contributed by atoms with Crippen LogP contribution in [0.3, 0.4) is 0 Å². The van der Waals surface area contributed by atoms with Crippen LogP contribution in [0.1, 0.15) is 56.8 Å². The number of carbonyl (C=O) groups excluding carboxylic acids is 1. The molecule has 3 fully saturated rings. The van der Waals surface area contributed by atoms with Crippen LogP contribution in [-0.2, 0) is 29.9 Å². The van der Waals surface area contributed by atoms with Crippen LogP contribution in [-0.4, -0.2) is 100 Å². The van der Waals surface area contributed by atoms with Gasteiger partial charge in [-0.05, 0) is 53.9 Å². The molecule has 294 valence electrons. The van der Waals surface area contributed by atoms with Gasteiger partial charge in [0.1, 0.15) is 6.04 Å². The summed E-state index contributed by atoms with van der Waals surface area (Å²) in [6, 6.07) is 23.0. The van der Waals surface area contributed by atoms with Gasteiger partial charge in [0.15, 0.2) is 41.2 Å². The highest BCUT2D eigenvalue weighted by atomic mass is 28.4. The molecule has 2 unspecified atom stereocenters. The molecule has 0 aromatic heterocycles. The molecule has 0 amide bonds. The maximum atomic E-state index is 14.7. The van der Waals surface area contributed by atoms with Crippen LogP contribution in [0.4, 0.5) is 0 Å². The Balaban J connectivity index is 1.36. The van der Waals surface area contributed by atoms with E-state index in [4.69, 9.17) is 28.1 Å². The zero-order chi connectivity index (χ0) is 39.7. The summed E-state index contributed by atoms with van der Waals surface area (Å²) in [5, 5.41) is 26.2. The highest BCUT2D eigenvalue weighted by Crippen LogP contribution is 2.57. The number of methoxy groups -OCH3 is 2. The quantitative estimate of drug-likeness (QED) is 0.241. The SMILES string of the molecule is COCOc1c(OC)c(C)cc2c1[C@@H]1C3CC4(O)C(=O)C(C)=C5OCOC5=C4[C@H](CO[Si](c4ccccc4)(c4ccccc4)C(C)(C)C)N3[C@@H](C#N)[C@H](C2)N1C. The Morgan fingerprint density at radius 1 is 0.982 bits per heavy atom. The van der Waals surface area contributed by atoms with Gasteiger partial charge in [-0.2, -0.15) is 5.26 Å². The van der Waals surface area contributed by atoms with Crippen molar-refractivity contribution in [1.29, 1.82) is 5.26 Å². The van der Waals surface area contributed by atoms with E-state index in [-0.39, 0.29) is 37.7 Å². The number of aryl methyl sites for hydroxylation is 1. The third kappa shape index (κ3) is 5.50. The van der Waals surface area contributed by atoms with Crippen LogP contribution in [0.5, 0.6) is 11.5 Å². The van der Waals surface area contributed by atoms with Gasteiger partial charge in [0.25, 0.3) is 8.32 Å². The van der Waals surface area contributed by atoms with Crippen molar-refractivity contribution in [2.24, 2.45) is 0 Å². The van der Waals surface area contributed by atoms with E-state index in [9.17, 15) is 15.2 Å². The number of hydrogen-bond acceptors (Lipinski definition) is 11. The largest absolute Gasteiger partial charge is 0.493 e. The summed E-state index contributed by atoms with van der Waals surface area (Å²) < 4.78 is 37.5. The molecule has 4 heterocycles. The fourth-order valence-corrected chi connectivity index (χ4v) is 15.1. The summed E-state index contributed by atoms with van der Waals surface area (Å²) in [6.45, 7) is 10.3. The third-order valence-corrected chi connectivity index (χ3v) is 17.8. The lowest BCUT2D eigenvalue weighted by atomic mass is 9.65. The minimum absolute atomic E-state index is 0.000949. The average molecular weight is 778 g/mol. The van der Waals surface area contributed by atoms with E-state index >= 15 is 0 Å². The molecule has 1 aliphatic carbocycles. The second-order valence-corrected chi connectivity index (χ2v) is 20.9. The minimum atomic E-state index is -3.15. The van der Waals surface area contributed by atoms with Crippen LogP contribution in [0.25, 0.3) is 0 Å². The molecule has 2 bridgehead atoms. The predicted octanol–water partition coefficient (Wildman–Crippen LogP) is 4.66. The van der Waals surface area contributed by atoms with Crippen molar-refractivity contribution >= 4 is 24.5 Å². The normalized spacial score (nSPS) is 27.4. The van der Waals surface area contributed by atoms with Crippen molar-refractivity contribution < 1.29 is 38.0 Å². The van der Waals surface area contributed by atoms with Crippen molar-refractivity contribution in [3.63, 3.8) is 0 Å². The first kappa shape index (κ1) is 38.4. The lowest BCUT2D eigenvalue weighted by Gasteiger charge is -2.62. The molecule has 4 aliphatic heterocycles. The Labute approximate surface area is 330 Å². The Kier molecular flexibility index (Phi) is 9.71. The van der Waals surface area contributed by atoms with Gasteiger partial charge < -0.3 is 33.2 Å². The molecule has 12 heteroatoms. The number of hydrogen-bond donors (Lipinski definition) is 1. The molecule has 1 N–H and O–H groups in total. The first-order valence-corrected chi connectivity index (χ1v) is 21.2. The fraction of sp³-hybridized carbons (Fsp3) is 0.455. The van der Waals surface area contributed by atoms with Crippen molar-refractivity contribution in [3.8, 4) is 17.6 Å². The number of likely N-dealkylation sites (N-methyl/N-ethyl adjacent to an activating group) is 1. The molecule has 3 aromatic rings.